The Balaban J connectivity index is 2.06. The Labute approximate surface area is 111 Å². The molecule has 0 radical (unpaired) electrons. The van der Waals surface area contributed by atoms with Crippen molar-refractivity contribution in [2.45, 2.75) is 17.9 Å². The summed E-state index contributed by atoms with van der Waals surface area (Å²) in [7, 11) is -3.56. The predicted molar refractivity (Wildman–Crippen MR) is 67.8 cm³/mol. The molecule has 0 saturated carbocycles. The van der Waals surface area contributed by atoms with Crippen LogP contribution in [0, 0.1) is 0 Å². The van der Waals surface area contributed by atoms with Gasteiger partial charge in [-0.1, -0.05) is 17.3 Å². The van der Waals surface area contributed by atoms with Crippen molar-refractivity contribution in [1.82, 2.24) is 9.88 Å². The maximum atomic E-state index is 12.0. The lowest BCUT2D eigenvalue weighted by Crippen LogP contribution is -2.23. The summed E-state index contributed by atoms with van der Waals surface area (Å²) in [6.07, 6.45) is 1.89. The van der Waals surface area contributed by atoms with Crippen molar-refractivity contribution in [2.75, 3.05) is 6.61 Å². The molecule has 0 aliphatic carbocycles. The van der Waals surface area contributed by atoms with Crippen LogP contribution in [0.2, 0.25) is 0 Å². The maximum absolute atomic E-state index is 12.0. The van der Waals surface area contributed by atoms with Crippen molar-refractivity contribution >= 4 is 10.0 Å². The average molecular weight is 282 g/mol. The highest BCUT2D eigenvalue weighted by molar-refractivity contribution is 7.89. The summed E-state index contributed by atoms with van der Waals surface area (Å²) < 4.78 is 31.0. The first-order valence-electron chi connectivity index (χ1n) is 5.70. The summed E-state index contributed by atoms with van der Waals surface area (Å²) in [6.45, 7) is 0.119. The summed E-state index contributed by atoms with van der Waals surface area (Å²) in [4.78, 5) is 0.178. The third kappa shape index (κ3) is 3.63. The van der Waals surface area contributed by atoms with Gasteiger partial charge in [0.1, 0.15) is 6.26 Å². The second-order valence-corrected chi connectivity index (χ2v) is 5.70. The smallest absolute Gasteiger partial charge is 0.240 e. The molecular weight excluding hydrogens is 268 g/mol. The van der Waals surface area contributed by atoms with Crippen LogP contribution in [0.1, 0.15) is 11.3 Å². The lowest BCUT2D eigenvalue weighted by atomic mass is 10.2. The first-order chi connectivity index (χ1) is 9.12. The van der Waals surface area contributed by atoms with Gasteiger partial charge in [-0.25, -0.2) is 13.1 Å². The molecule has 6 nitrogen and oxygen atoms in total. The van der Waals surface area contributed by atoms with Gasteiger partial charge in [0, 0.05) is 12.7 Å². The number of hydrogen-bond acceptors (Lipinski definition) is 5. The molecule has 7 heteroatoms. The molecule has 0 bridgehead atoms. The molecule has 1 aromatic carbocycles. The van der Waals surface area contributed by atoms with E-state index >= 15 is 0 Å². The summed E-state index contributed by atoms with van der Waals surface area (Å²) in [5, 5.41) is 12.4. The zero-order valence-electron chi connectivity index (χ0n) is 10.1. The zero-order chi connectivity index (χ0) is 13.7. The minimum atomic E-state index is -3.56. The standard InChI is InChI=1S/C12H14N2O4S/c15-7-5-10-1-3-12(4-2-10)19(16,17)13-9-11-6-8-18-14-11/h1-4,6,8,13,15H,5,7,9H2. The maximum Gasteiger partial charge on any atom is 0.240 e. The minimum absolute atomic E-state index is 0.0382. The van der Waals surface area contributed by atoms with E-state index in [-0.39, 0.29) is 18.0 Å². The lowest BCUT2D eigenvalue weighted by molar-refractivity contribution is 0.299. The van der Waals surface area contributed by atoms with Crippen molar-refractivity contribution in [3.05, 3.63) is 47.9 Å². The number of nitrogens with zero attached hydrogens (tertiary/aromatic N) is 1. The van der Waals surface area contributed by atoms with Gasteiger partial charge in [-0.3, -0.25) is 0 Å². The number of aromatic nitrogens is 1. The van der Waals surface area contributed by atoms with Gasteiger partial charge in [0.2, 0.25) is 10.0 Å². The highest BCUT2D eigenvalue weighted by Crippen LogP contribution is 2.11. The average Bonchev–Trinajstić information content (AvgIpc) is 2.91. The molecule has 19 heavy (non-hydrogen) atoms. The Morgan fingerprint density at radius 3 is 2.53 bits per heavy atom. The van der Waals surface area contributed by atoms with E-state index < -0.39 is 10.0 Å². The highest BCUT2D eigenvalue weighted by atomic mass is 32.2. The second-order valence-electron chi connectivity index (χ2n) is 3.93. The van der Waals surface area contributed by atoms with Crippen LogP contribution in [-0.2, 0) is 23.0 Å². The predicted octanol–water partition coefficient (Wildman–Crippen LogP) is 0.688. The van der Waals surface area contributed by atoms with E-state index in [1.165, 1.54) is 18.4 Å². The van der Waals surface area contributed by atoms with Crippen molar-refractivity contribution in [2.24, 2.45) is 0 Å². The Morgan fingerprint density at radius 2 is 1.95 bits per heavy atom. The van der Waals surface area contributed by atoms with E-state index in [2.05, 4.69) is 14.4 Å². The number of aliphatic hydroxyl groups excluding tert-OH is 1. The lowest BCUT2D eigenvalue weighted by Gasteiger charge is -2.06. The molecule has 2 N–H and O–H groups in total. The molecule has 0 fully saturated rings. The Kier molecular flexibility index (Phi) is 4.31. The Bertz CT molecular complexity index is 606. The zero-order valence-corrected chi connectivity index (χ0v) is 10.9. The first kappa shape index (κ1) is 13.7. The number of aliphatic hydroxyl groups is 1. The number of sulfonamides is 1. The molecule has 2 aromatic rings. The molecule has 0 amide bonds. The summed E-state index contributed by atoms with van der Waals surface area (Å²) in [5.74, 6) is 0. The molecule has 1 aromatic heterocycles. The molecule has 1 heterocycles. The summed E-state index contributed by atoms with van der Waals surface area (Å²) in [5.41, 5.74) is 1.40. The Morgan fingerprint density at radius 1 is 1.21 bits per heavy atom. The van der Waals surface area contributed by atoms with Crippen LogP contribution in [0.4, 0.5) is 0 Å². The van der Waals surface area contributed by atoms with Crippen molar-refractivity contribution in [1.29, 1.82) is 0 Å². The highest BCUT2D eigenvalue weighted by Gasteiger charge is 2.14. The second kappa shape index (κ2) is 5.96. The van der Waals surface area contributed by atoms with Crippen LogP contribution in [-0.4, -0.2) is 25.3 Å². The number of nitrogens with one attached hydrogen (secondary N) is 1. The van der Waals surface area contributed by atoms with Gasteiger partial charge < -0.3 is 9.63 Å². The quantitative estimate of drug-likeness (QED) is 0.813. The van der Waals surface area contributed by atoms with E-state index in [9.17, 15) is 8.42 Å². The fourth-order valence-electron chi connectivity index (χ4n) is 1.55. The van der Waals surface area contributed by atoms with E-state index in [1.807, 2.05) is 0 Å². The van der Waals surface area contributed by atoms with Crippen molar-refractivity contribution < 1.29 is 18.0 Å². The SMILES string of the molecule is O=S(=O)(NCc1ccon1)c1ccc(CCO)cc1. The monoisotopic (exact) mass is 282 g/mol. The molecule has 2 rings (SSSR count). The van der Waals surface area contributed by atoms with Gasteiger partial charge in [0.25, 0.3) is 0 Å². The van der Waals surface area contributed by atoms with E-state index in [4.69, 9.17) is 5.11 Å². The Hall–Kier alpha value is -1.70. The number of rotatable bonds is 6. The molecule has 102 valence electrons. The van der Waals surface area contributed by atoms with E-state index in [0.29, 0.717) is 12.1 Å². The van der Waals surface area contributed by atoms with Gasteiger partial charge in [0.05, 0.1) is 17.1 Å². The molecule has 0 atom stereocenters. The summed E-state index contributed by atoms with van der Waals surface area (Å²) in [6, 6.07) is 7.97. The van der Waals surface area contributed by atoms with Crippen LogP contribution in [0.15, 0.2) is 46.0 Å². The molecule has 0 saturated heterocycles. The third-order valence-corrected chi connectivity index (χ3v) is 3.99. The van der Waals surface area contributed by atoms with Crippen LogP contribution in [0.3, 0.4) is 0 Å². The molecule has 0 aliphatic rings. The van der Waals surface area contributed by atoms with Gasteiger partial charge >= 0.3 is 0 Å². The van der Waals surface area contributed by atoms with Crippen molar-refractivity contribution in [3.63, 3.8) is 0 Å². The topological polar surface area (TPSA) is 92.4 Å². The van der Waals surface area contributed by atoms with Crippen LogP contribution in [0.5, 0.6) is 0 Å². The summed E-state index contributed by atoms with van der Waals surface area (Å²) >= 11 is 0. The normalized spacial score (nSPS) is 11.6. The van der Waals surface area contributed by atoms with Crippen LogP contribution >= 0.6 is 0 Å². The number of hydrogen-bond donors (Lipinski definition) is 2. The largest absolute Gasteiger partial charge is 0.396 e. The van der Waals surface area contributed by atoms with E-state index in [0.717, 1.165) is 5.56 Å². The molecular formula is C12H14N2O4S. The van der Waals surface area contributed by atoms with Gasteiger partial charge in [-0.05, 0) is 24.1 Å². The molecule has 0 unspecified atom stereocenters. The fraction of sp³-hybridized carbons (Fsp3) is 0.250. The minimum Gasteiger partial charge on any atom is -0.396 e. The molecule has 0 spiro atoms. The van der Waals surface area contributed by atoms with Crippen molar-refractivity contribution in [3.8, 4) is 0 Å². The van der Waals surface area contributed by atoms with Gasteiger partial charge in [-0.15, -0.1) is 0 Å². The van der Waals surface area contributed by atoms with Crippen LogP contribution in [0.25, 0.3) is 0 Å². The number of benzene rings is 1. The van der Waals surface area contributed by atoms with E-state index in [1.54, 1.807) is 18.2 Å². The van der Waals surface area contributed by atoms with Crippen LogP contribution < -0.4 is 4.72 Å². The third-order valence-electron chi connectivity index (χ3n) is 2.57. The van der Waals surface area contributed by atoms with Gasteiger partial charge in [-0.2, -0.15) is 0 Å². The first-order valence-corrected chi connectivity index (χ1v) is 7.19. The molecule has 0 aliphatic heterocycles. The van der Waals surface area contributed by atoms with Gasteiger partial charge in [0.15, 0.2) is 0 Å². The fourth-order valence-corrected chi connectivity index (χ4v) is 2.54.